The summed E-state index contributed by atoms with van der Waals surface area (Å²) in [7, 11) is 0. The molecule has 1 aliphatic rings. The molecule has 1 fully saturated rings. The lowest BCUT2D eigenvalue weighted by Gasteiger charge is -2.07. The normalized spacial score (nSPS) is 25.1. The topological polar surface area (TPSA) is 88.7 Å². The molecule has 1 heterocycles. The van der Waals surface area contributed by atoms with Crippen LogP contribution in [0.25, 0.3) is 0 Å². The number of thioether (sulfide) groups is 1. The molecule has 0 radical (unpaired) electrons. The Kier molecular flexibility index (Phi) is 3.60. The molecule has 0 aromatic carbocycles. The summed E-state index contributed by atoms with van der Waals surface area (Å²) in [6.07, 6.45) is 0. The zero-order chi connectivity index (χ0) is 5.98. The van der Waals surface area contributed by atoms with Gasteiger partial charge in [0.15, 0.2) is 0 Å². The van der Waals surface area contributed by atoms with Gasteiger partial charge in [0.05, 0.1) is 12.0 Å². The molecule has 1 rings (SSSR count). The maximum absolute atomic E-state index is 10.0. The van der Waals surface area contributed by atoms with Crippen LogP contribution in [-0.4, -0.2) is 23.6 Å². The number of carbonyl (C=O) groups excluding carboxylic acids is 1. The Morgan fingerprint density at radius 1 is 1.78 bits per heavy atom. The third-order valence-corrected chi connectivity index (χ3v) is 1.94. The van der Waals surface area contributed by atoms with Crippen LogP contribution in [0.4, 0.5) is 0 Å². The smallest absolute Gasteiger partial charge is 0.0593 e. The zero-order valence-corrected chi connectivity index (χ0v) is 6.03. The summed E-state index contributed by atoms with van der Waals surface area (Å²) >= 11 is 1.58. The van der Waals surface area contributed by atoms with Gasteiger partial charge in [0.2, 0.25) is 0 Å². The van der Waals surface area contributed by atoms with E-state index in [0.29, 0.717) is 5.75 Å². The first-order valence-electron chi connectivity index (χ1n) is 2.32. The standard InChI is InChI=1S/C4H7NO2S.H3N/c6-4(7)3-1-8-2-5-3;/h3,5H,1-2H2,(H,6,7);1H3/t3-;/m0./s1. The van der Waals surface area contributed by atoms with E-state index in [-0.39, 0.29) is 6.15 Å². The fraction of sp³-hybridized carbons (Fsp3) is 0.750. The molecule has 0 aromatic rings. The molecule has 0 bridgehead atoms. The van der Waals surface area contributed by atoms with Crippen LogP contribution >= 0.6 is 11.8 Å². The van der Waals surface area contributed by atoms with Crippen LogP contribution in [0.2, 0.25) is 0 Å². The molecule has 0 aliphatic carbocycles. The van der Waals surface area contributed by atoms with E-state index in [1.165, 1.54) is 0 Å². The number of hydrogen-bond acceptors (Lipinski definition) is 4. The van der Waals surface area contributed by atoms with Crippen molar-refractivity contribution in [3.05, 3.63) is 0 Å². The van der Waals surface area contributed by atoms with Crippen molar-refractivity contribution >= 4 is 17.7 Å². The van der Waals surface area contributed by atoms with Gasteiger partial charge in [-0.25, -0.2) is 0 Å². The Balaban J connectivity index is 0.000000640. The quantitative estimate of drug-likeness (QED) is 0.490. The van der Waals surface area contributed by atoms with E-state index in [0.717, 1.165) is 5.88 Å². The van der Waals surface area contributed by atoms with Crippen LogP contribution in [0, 0.1) is 0 Å². The van der Waals surface area contributed by atoms with Crippen LogP contribution in [0.15, 0.2) is 0 Å². The third kappa shape index (κ3) is 2.21. The monoisotopic (exact) mass is 150 g/mol. The highest BCUT2D eigenvalue weighted by atomic mass is 32.2. The van der Waals surface area contributed by atoms with Gasteiger partial charge < -0.3 is 16.1 Å². The van der Waals surface area contributed by atoms with Gasteiger partial charge >= 0.3 is 0 Å². The van der Waals surface area contributed by atoms with Crippen molar-refractivity contribution in [1.29, 1.82) is 0 Å². The van der Waals surface area contributed by atoms with Crippen molar-refractivity contribution in [3.63, 3.8) is 0 Å². The first-order valence-corrected chi connectivity index (χ1v) is 3.48. The molecule has 1 atom stereocenters. The van der Waals surface area contributed by atoms with Gasteiger partial charge in [-0.2, -0.15) is 0 Å². The maximum atomic E-state index is 10.0. The highest BCUT2D eigenvalue weighted by Crippen LogP contribution is 2.07. The Morgan fingerprint density at radius 2 is 2.44 bits per heavy atom. The van der Waals surface area contributed by atoms with Crippen LogP contribution in [-0.2, 0) is 4.79 Å². The molecule has 0 aromatic heterocycles. The first-order chi connectivity index (χ1) is 3.80. The minimum atomic E-state index is -0.991. The summed E-state index contributed by atoms with van der Waals surface area (Å²) in [6, 6.07) is -0.417. The number of quaternary nitrogens is 1. The summed E-state index contributed by atoms with van der Waals surface area (Å²) in [4.78, 5) is 10.0. The number of rotatable bonds is 1. The van der Waals surface area contributed by atoms with Gasteiger partial charge in [-0.3, -0.25) is 5.32 Å². The fourth-order valence-corrected chi connectivity index (χ4v) is 1.47. The fourth-order valence-electron chi connectivity index (χ4n) is 0.547. The van der Waals surface area contributed by atoms with Crippen molar-refractivity contribution in [3.8, 4) is 0 Å². The lowest BCUT2D eigenvalue weighted by molar-refractivity contribution is -0.307. The molecule has 5 N–H and O–H groups in total. The predicted molar refractivity (Wildman–Crippen MR) is 35.2 cm³/mol. The summed E-state index contributed by atoms with van der Waals surface area (Å²) < 4.78 is 0. The van der Waals surface area contributed by atoms with Crippen LogP contribution < -0.4 is 16.6 Å². The van der Waals surface area contributed by atoms with E-state index >= 15 is 0 Å². The van der Waals surface area contributed by atoms with Crippen molar-refractivity contribution in [1.82, 2.24) is 11.5 Å². The Morgan fingerprint density at radius 3 is 2.67 bits per heavy atom. The molecule has 9 heavy (non-hydrogen) atoms. The lowest BCUT2D eigenvalue weighted by Crippen LogP contribution is -2.43. The first kappa shape index (κ1) is 8.74. The largest absolute Gasteiger partial charge is 0.548 e. The van der Waals surface area contributed by atoms with E-state index in [1.54, 1.807) is 11.8 Å². The predicted octanol–water partition coefficient (Wildman–Crippen LogP) is -1.22. The summed E-state index contributed by atoms with van der Waals surface area (Å²) in [5.41, 5.74) is 0. The second-order valence-corrected chi connectivity index (χ2v) is 2.62. The Hall–Kier alpha value is -0.260. The van der Waals surface area contributed by atoms with Gasteiger partial charge in [-0.15, -0.1) is 11.8 Å². The lowest BCUT2D eigenvalue weighted by atomic mass is 10.4. The molecule has 5 heteroatoms. The second kappa shape index (κ2) is 3.71. The summed E-state index contributed by atoms with van der Waals surface area (Å²) in [5.74, 6) is 0.385. The molecule has 0 spiro atoms. The number of carboxylic acids is 1. The van der Waals surface area contributed by atoms with Gasteiger partial charge in [0, 0.05) is 11.6 Å². The van der Waals surface area contributed by atoms with Crippen molar-refractivity contribution in [2.24, 2.45) is 0 Å². The highest BCUT2D eigenvalue weighted by molar-refractivity contribution is 7.99. The molecular weight excluding hydrogens is 140 g/mol. The van der Waals surface area contributed by atoms with Crippen molar-refractivity contribution in [2.75, 3.05) is 11.6 Å². The molecular formula is C4H10N2O2S. The number of aliphatic carboxylic acids is 1. The van der Waals surface area contributed by atoms with E-state index in [4.69, 9.17) is 0 Å². The molecule has 54 valence electrons. The molecule has 1 aliphatic heterocycles. The minimum absolute atomic E-state index is 0. The van der Waals surface area contributed by atoms with Crippen LogP contribution in [0.5, 0.6) is 0 Å². The number of carbonyl (C=O) groups is 1. The van der Waals surface area contributed by atoms with E-state index in [2.05, 4.69) is 5.32 Å². The Bertz CT molecular complexity index is 103. The minimum Gasteiger partial charge on any atom is -0.548 e. The number of nitrogens with one attached hydrogen (secondary N) is 1. The SMILES string of the molecule is O=C([O-])[C@@H]1CSCN1.[NH4+]. The molecule has 0 saturated carbocycles. The maximum Gasteiger partial charge on any atom is 0.0593 e. The Labute approximate surface area is 57.6 Å². The molecule has 0 amide bonds. The molecule has 4 nitrogen and oxygen atoms in total. The van der Waals surface area contributed by atoms with Gasteiger partial charge in [0.1, 0.15) is 0 Å². The van der Waals surface area contributed by atoms with E-state index in [9.17, 15) is 9.90 Å². The third-order valence-electron chi connectivity index (χ3n) is 1.00. The average Bonchev–Trinajstić information content (AvgIpc) is 2.12. The molecule has 0 unspecified atom stereocenters. The average molecular weight is 150 g/mol. The second-order valence-electron chi connectivity index (χ2n) is 1.59. The van der Waals surface area contributed by atoms with Gasteiger partial charge in [-0.05, 0) is 0 Å². The van der Waals surface area contributed by atoms with Gasteiger partial charge in [-0.1, -0.05) is 0 Å². The number of carboxylic acid groups (broad SMARTS) is 1. The van der Waals surface area contributed by atoms with Crippen LogP contribution in [0.3, 0.4) is 0 Å². The van der Waals surface area contributed by atoms with Crippen molar-refractivity contribution < 1.29 is 9.90 Å². The number of hydrogen-bond donors (Lipinski definition) is 2. The molecule has 1 saturated heterocycles. The zero-order valence-electron chi connectivity index (χ0n) is 5.22. The van der Waals surface area contributed by atoms with E-state index < -0.39 is 12.0 Å². The highest BCUT2D eigenvalue weighted by Gasteiger charge is 2.13. The van der Waals surface area contributed by atoms with Crippen molar-refractivity contribution in [2.45, 2.75) is 6.04 Å². The van der Waals surface area contributed by atoms with Gasteiger partial charge in [0.25, 0.3) is 0 Å². The summed E-state index contributed by atoms with van der Waals surface area (Å²) in [6.45, 7) is 0. The van der Waals surface area contributed by atoms with Crippen LogP contribution in [0.1, 0.15) is 0 Å². The van der Waals surface area contributed by atoms with E-state index in [1.807, 2.05) is 0 Å². The summed E-state index contributed by atoms with van der Waals surface area (Å²) in [5, 5.41) is 12.8.